The minimum absolute atomic E-state index is 0.0126. The Morgan fingerprint density at radius 2 is 2.12 bits per heavy atom. The van der Waals surface area contributed by atoms with Gasteiger partial charge in [0.15, 0.2) is 0 Å². The first-order valence-corrected chi connectivity index (χ1v) is 7.09. The van der Waals surface area contributed by atoms with Crippen LogP contribution in [0.4, 0.5) is 4.79 Å². The van der Waals surface area contributed by atoms with Crippen LogP contribution in [0.2, 0.25) is 0 Å². The van der Waals surface area contributed by atoms with E-state index in [1.54, 1.807) is 23.7 Å². The van der Waals surface area contributed by atoms with Gasteiger partial charge in [0.25, 0.3) is 0 Å². The zero-order valence-corrected chi connectivity index (χ0v) is 11.5. The number of amides is 2. The number of carboxylic acids is 1. The predicted molar refractivity (Wildman–Crippen MR) is 70.5 cm³/mol. The molecule has 2 N–H and O–H groups in total. The number of nitrogens with zero attached hydrogens (tertiary/aromatic N) is 1. The summed E-state index contributed by atoms with van der Waals surface area (Å²) >= 11 is 1.70. The van der Waals surface area contributed by atoms with Gasteiger partial charge in [-0.3, -0.25) is 4.79 Å². The first-order chi connectivity index (χ1) is 7.97. The van der Waals surface area contributed by atoms with E-state index >= 15 is 0 Å². The van der Waals surface area contributed by atoms with Crippen LogP contribution in [0.15, 0.2) is 0 Å². The van der Waals surface area contributed by atoms with E-state index in [0.29, 0.717) is 12.8 Å². The van der Waals surface area contributed by atoms with Gasteiger partial charge >= 0.3 is 12.0 Å². The van der Waals surface area contributed by atoms with Crippen molar-refractivity contribution in [3.05, 3.63) is 0 Å². The fraction of sp³-hybridized carbons (Fsp3) is 0.818. The summed E-state index contributed by atoms with van der Waals surface area (Å²) in [6, 6.07) is -0.0829. The molecule has 0 heterocycles. The Labute approximate surface area is 107 Å². The van der Waals surface area contributed by atoms with E-state index in [0.717, 1.165) is 12.3 Å². The van der Waals surface area contributed by atoms with E-state index in [1.807, 2.05) is 13.2 Å². The third kappa shape index (κ3) is 8.85. The normalized spacial score (nSPS) is 11.9. The molecular formula is C11H22N2O3S. The van der Waals surface area contributed by atoms with Crippen molar-refractivity contribution >= 4 is 23.8 Å². The van der Waals surface area contributed by atoms with Gasteiger partial charge in [-0.2, -0.15) is 11.8 Å². The predicted octanol–water partition coefficient (Wildman–Crippen LogP) is 1.63. The van der Waals surface area contributed by atoms with Crippen LogP contribution in [-0.4, -0.2) is 53.6 Å². The second-order valence-electron chi connectivity index (χ2n) is 4.05. The summed E-state index contributed by atoms with van der Waals surface area (Å²) in [6.45, 7) is 2.61. The molecule has 0 saturated carbocycles. The Bertz CT molecular complexity index is 249. The van der Waals surface area contributed by atoms with Crippen LogP contribution in [0.1, 0.15) is 26.2 Å². The first kappa shape index (κ1) is 16.1. The molecular weight excluding hydrogens is 240 g/mol. The maximum atomic E-state index is 11.6. The number of rotatable bonds is 8. The number of hydrogen-bond donors (Lipinski definition) is 2. The van der Waals surface area contributed by atoms with Gasteiger partial charge in [0.05, 0.1) is 0 Å². The molecule has 0 aliphatic heterocycles. The molecule has 5 nitrogen and oxygen atoms in total. The average molecular weight is 262 g/mol. The Balaban J connectivity index is 3.74. The van der Waals surface area contributed by atoms with Gasteiger partial charge in [0, 0.05) is 31.8 Å². The third-order valence-corrected chi connectivity index (χ3v) is 2.97. The monoisotopic (exact) mass is 262 g/mol. The quantitative estimate of drug-likeness (QED) is 0.697. The van der Waals surface area contributed by atoms with E-state index in [1.165, 1.54) is 0 Å². The second-order valence-corrected chi connectivity index (χ2v) is 5.04. The molecule has 17 heavy (non-hydrogen) atoms. The number of carboxylic acid groups (broad SMARTS) is 1. The molecule has 0 saturated heterocycles. The molecule has 2 amide bonds. The summed E-state index contributed by atoms with van der Waals surface area (Å²) in [6.07, 6.45) is 3.43. The maximum absolute atomic E-state index is 11.6. The lowest BCUT2D eigenvalue weighted by Crippen LogP contribution is -2.42. The zero-order chi connectivity index (χ0) is 13.3. The standard InChI is InChI=1S/C11H22N2O3S/c1-9(5-4-6-10(14)15)12-11(16)13(2)7-8-17-3/h9H,4-8H2,1-3H3,(H,12,16)(H,14,15). The number of nitrogens with one attached hydrogen (secondary N) is 1. The molecule has 0 fully saturated rings. The molecule has 0 aromatic heterocycles. The van der Waals surface area contributed by atoms with Crippen LogP contribution in [0.25, 0.3) is 0 Å². The van der Waals surface area contributed by atoms with Crippen molar-refractivity contribution in [3.63, 3.8) is 0 Å². The summed E-state index contributed by atoms with van der Waals surface area (Å²) in [5.74, 6) is 0.123. The van der Waals surface area contributed by atoms with E-state index < -0.39 is 5.97 Å². The highest BCUT2D eigenvalue weighted by molar-refractivity contribution is 7.98. The van der Waals surface area contributed by atoms with Crippen LogP contribution in [0, 0.1) is 0 Å². The van der Waals surface area contributed by atoms with Gasteiger partial charge < -0.3 is 15.3 Å². The van der Waals surface area contributed by atoms with Crippen LogP contribution in [0.5, 0.6) is 0 Å². The molecule has 100 valence electrons. The van der Waals surface area contributed by atoms with Crippen LogP contribution in [-0.2, 0) is 4.79 Å². The summed E-state index contributed by atoms with van der Waals surface area (Å²) in [7, 11) is 1.76. The highest BCUT2D eigenvalue weighted by Gasteiger charge is 2.11. The molecule has 0 bridgehead atoms. The van der Waals surface area contributed by atoms with E-state index in [2.05, 4.69) is 5.32 Å². The van der Waals surface area contributed by atoms with Gasteiger partial charge in [-0.1, -0.05) is 0 Å². The lowest BCUT2D eigenvalue weighted by molar-refractivity contribution is -0.137. The largest absolute Gasteiger partial charge is 0.481 e. The fourth-order valence-electron chi connectivity index (χ4n) is 1.28. The Hall–Kier alpha value is -0.910. The van der Waals surface area contributed by atoms with Crippen LogP contribution < -0.4 is 5.32 Å². The van der Waals surface area contributed by atoms with Crippen molar-refractivity contribution in [2.45, 2.75) is 32.2 Å². The number of hydrogen-bond acceptors (Lipinski definition) is 3. The number of carbonyl (C=O) groups excluding carboxylic acids is 1. The van der Waals surface area contributed by atoms with E-state index in [-0.39, 0.29) is 18.5 Å². The smallest absolute Gasteiger partial charge is 0.317 e. The van der Waals surface area contributed by atoms with Crippen molar-refractivity contribution in [2.75, 3.05) is 25.6 Å². The average Bonchev–Trinajstić information content (AvgIpc) is 2.25. The van der Waals surface area contributed by atoms with Gasteiger partial charge in [-0.25, -0.2) is 4.79 Å². The molecule has 0 aliphatic rings. The fourth-order valence-corrected chi connectivity index (χ4v) is 1.74. The molecule has 0 aromatic carbocycles. The van der Waals surface area contributed by atoms with E-state index in [4.69, 9.17) is 5.11 Å². The summed E-state index contributed by atoms with van der Waals surface area (Å²) in [5, 5.41) is 11.3. The minimum atomic E-state index is -0.791. The summed E-state index contributed by atoms with van der Waals surface area (Å²) in [5.41, 5.74) is 0. The highest BCUT2D eigenvalue weighted by Crippen LogP contribution is 2.01. The molecule has 0 rings (SSSR count). The molecule has 0 aliphatic carbocycles. The van der Waals surface area contributed by atoms with Crippen LogP contribution in [0.3, 0.4) is 0 Å². The molecule has 6 heteroatoms. The van der Waals surface area contributed by atoms with Gasteiger partial charge in [0.1, 0.15) is 0 Å². The maximum Gasteiger partial charge on any atom is 0.317 e. The molecule has 0 spiro atoms. The first-order valence-electron chi connectivity index (χ1n) is 5.69. The van der Waals surface area contributed by atoms with Crippen molar-refractivity contribution in [1.29, 1.82) is 0 Å². The topological polar surface area (TPSA) is 69.6 Å². The summed E-state index contributed by atoms with van der Waals surface area (Å²) in [4.78, 5) is 23.6. The Morgan fingerprint density at radius 1 is 1.47 bits per heavy atom. The zero-order valence-electron chi connectivity index (χ0n) is 10.7. The SMILES string of the molecule is CSCCN(C)C(=O)NC(C)CCCC(=O)O. The molecule has 0 radical (unpaired) electrons. The molecule has 0 aromatic rings. The van der Waals surface area contributed by atoms with Gasteiger partial charge in [-0.05, 0) is 26.0 Å². The number of carbonyl (C=O) groups is 2. The van der Waals surface area contributed by atoms with Crippen molar-refractivity contribution in [3.8, 4) is 0 Å². The molecule has 1 unspecified atom stereocenters. The van der Waals surface area contributed by atoms with Crippen molar-refractivity contribution < 1.29 is 14.7 Å². The number of aliphatic carboxylic acids is 1. The highest BCUT2D eigenvalue weighted by atomic mass is 32.2. The van der Waals surface area contributed by atoms with Gasteiger partial charge in [0.2, 0.25) is 0 Å². The van der Waals surface area contributed by atoms with Crippen molar-refractivity contribution in [1.82, 2.24) is 10.2 Å². The number of urea groups is 1. The lowest BCUT2D eigenvalue weighted by atomic mass is 10.1. The van der Waals surface area contributed by atoms with E-state index in [9.17, 15) is 9.59 Å². The molecule has 1 atom stereocenters. The second kappa shape index (κ2) is 9.15. The van der Waals surface area contributed by atoms with Gasteiger partial charge in [-0.15, -0.1) is 0 Å². The number of thioether (sulfide) groups is 1. The Kier molecular flexibility index (Phi) is 8.66. The third-order valence-electron chi connectivity index (χ3n) is 2.38. The van der Waals surface area contributed by atoms with Crippen LogP contribution >= 0.6 is 11.8 Å². The summed E-state index contributed by atoms with van der Waals surface area (Å²) < 4.78 is 0. The van der Waals surface area contributed by atoms with Crippen molar-refractivity contribution in [2.24, 2.45) is 0 Å². The minimum Gasteiger partial charge on any atom is -0.481 e. The lowest BCUT2D eigenvalue weighted by Gasteiger charge is -2.20. The Morgan fingerprint density at radius 3 is 2.65 bits per heavy atom.